The molecule has 4 heteroatoms. The number of hydrogen-bond donors (Lipinski definition) is 1. The minimum Gasteiger partial charge on any atom is -0.383 e. The zero-order valence-corrected chi connectivity index (χ0v) is 13.4. The molecule has 2 aromatic rings. The molecule has 0 radical (unpaired) electrons. The third-order valence-corrected chi connectivity index (χ3v) is 4.64. The van der Waals surface area contributed by atoms with Crippen LogP contribution in [0.25, 0.3) is 10.1 Å². The summed E-state index contributed by atoms with van der Waals surface area (Å²) in [6.45, 7) is 6.84. The van der Waals surface area contributed by atoms with Crippen molar-refractivity contribution in [1.29, 1.82) is 0 Å². The minimum atomic E-state index is 0.779. The predicted molar refractivity (Wildman–Crippen MR) is 87.4 cm³/mol. The second-order valence-electron chi connectivity index (χ2n) is 5.01. The van der Waals surface area contributed by atoms with Gasteiger partial charge in [0.1, 0.15) is 0 Å². The van der Waals surface area contributed by atoms with Gasteiger partial charge in [-0.25, -0.2) is 0 Å². The Morgan fingerprint density at radius 1 is 1.30 bits per heavy atom. The summed E-state index contributed by atoms with van der Waals surface area (Å²) < 4.78 is 6.55. The van der Waals surface area contributed by atoms with Crippen LogP contribution in [0.4, 0.5) is 0 Å². The highest BCUT2D eigenvalue weighted by Gasteiger charge is 2.13. The zero-order valence-electron chi connectivity index (χ0n) is 12.6. The standard InChI is InChI=1S/C16H24N2OS/c1-4-17-11-16-14(12-18(2)9-10-19-3)13-7-5-6-8-15(13)20-16/h5-8,17H,4,9-12H2,1-3H3. The number of nitrogens with one attached hydrogen (secondary N) is 1. The van der Waals surface area contributed by atoms with E-state index in [-0.39, 0.29) is 0 Å². The van der Waals surface area contributed by atoms with Gasteiger partial charge < -0.3 is 10.1 Å². The fraction of sp³-hybridized carbons (Fsp3) is 0.500. The summed E-state index contributed by atoms with van der Waals surface area (Å²) in [6.07, 6.45) is 0. The molecule has 0 spiro atoms. The van der Waals surface area contributed by atoms with Gasteiger partial charge in [0.25, 0.3) is 0 Å². The highest BCUT2D eigenvalue weighted by Crippen LogP contribution is 2.32. The number of thiophene rings is 1. The van der Waals surface area contributed by atoms with E-state index in [1.807, 2.05) is 11.3 Å². The number of nitrogens with zero attached hydrogens (tertiary/aromatic N) is 1. The predicted octanol–water partition coefficient (Wildman–Crippen LogP) is 3.09. The third-order valence-electron chi connectivity index (χ3n) is 3.42. The maximum absolute atomic E-state index is 5.16. The van der Waals surface area contributed by atoms with Gasteiger partial charge in [0.05, 0.1) is 6.61 Å². The van der Waals surface area contributed by atoms with Gasteiger partial charge in [-0.05, 0) is 30.6 Å². The van der Waals surface area contributed by atoms with Gasteiger partial charge in [-0.3, -0.25) is 4.90 Å². The first-order valence-corrected chi connectivity index (χ1v) is 7.95. The molecule has 2 rings (SSSR count). The summed E-state index contributed by atoms with van der Waals surface area (Å²) in [5.74, 6) is 0. The monoisotopic (exact) mass is 292 g/mol. The fourth-order valence-electron chi connectivity index (χ4n) is 2.30. The normalized spacial score (nSPS) is 11.6. The van der Waals surface area contributed by atoms with E-state index in [9.17, 15) is 0 Å². The molecule has 20 heavy (non-hydrogen) atoms. The molecule has 110 valence electrons. The first-order valence-electron chi connectivity index (χ1n) is 7.13. The Morgan fingerprint density at radius 3 is 2.85 bits per heavy atom. The first kappa shape index (κ1) is 15.4. The molecular weight excluding hydrogens is 268 g/mol. The average Bonchev–Trinajstić information content (AvgIpc) is 2.81. The molecule has 0 aliphatic heterocycles. The largest absolute Gasteiger partial charge is 0.383 e. The van der Waals surface area contributed by atoms with Crippen LogP contribution in [0, 0.1) is 0 Å². The lowest BCUT2D eigenvalue weighted by atomic mass is 10.1. The van der Waals surface area contributed by atoms with Crippen LogP contribution in [0.5, 0.6) is 0 Å². The van der Waals surface area contributed by atoms with E-state index in [2.05, 4.69) is 48.5 Å². The third kappa shape index (κ3) is 3.79. The van der Waals surface area contributed by atoms with Crippen molar-refractivity contribution in [3.05, 3.63) is 34.7 Å². The fourth-order valence-corrected chi connectivity index (χ4v) is 3.49. The SMILES string of the molecule is CCNCc1sc2ccccc2c1CN(C)CCOC. The Balaban J connectivity index is 2.23. The quantitative estimate of drug-likeness (QED) is 0.809. The Kier molecular flexibility index (Phi) is 5.98. The molecule has 0 bridgehead atoms. The number of benzene rings is 1. The van der Waals surface area contributed by atoms with Gasteiger partial charge >= 0.3 is 0 Å². The van der Waals surface area contributed by atoms with E-state index in [0.717, 1.165) is 32.8 Å². The molecule has 1 aromatic heterocycles. The number of ether oxygens (including phenoxy) is 1. The molecule has 0 aliphatic rings. The second kappa shape index (κ2) is 7.74. The van der Waals surface area contributed by atoms with Gasteiger partial charge in [-0.2, -0.15) is 0 Å². The van der Waals surface area contributed by atoms with Crippen molar-refractivity contribution < 1.29 is 4.74 Å². The number of likely N-dealkylation sites (N-methyl/N-ethyl adjacent to an activating group) is 1. The van der Waals surface area contributed by atoms with E-state index >= 15 is 0 Å². The minimum absolute atomic E-state index is 0.779. The van der Waals surface area contributed by atoms with Gasteiger partial charge in [0.15, 0.2) is 0 Å². The Morgan fingerprint density at radius 2 is 2.10 bits per heavy atom. The summed E-state index contributed by atoms with van der Waals surface area (Å²) in [5.41, 5.74) is 1.46. The molecule has 0 saturated heterocycles. The molecule has 1 heterocycles. The number of hydrogen-bond acceptors (Lipinski definition) is 4. The van der Waals surface area contributed by atoms with Crippen molar-refractivity contribution in [1.82, 2.24) is 10.2 Å². The Hall–Kier alpha value is -0.940. The lowest BCUT2D eigenvalue weighted by Crippen LogP contribution is -2.23. The molecule has 0 fully saturated rings. The summed E-state index contributed by atoms with van der Waals surface area (Å²) in [7, 11) is 3.91. The molecule has 0 saturated carbocycles. The molecule has 3 nitrogen and oxygen atoms in total. The van der Waals surface area contributed by atoms with Crippen molar-refractivity contribution in [3.63, 3.8) is 0 Å². The van der Waals surface area contributed by atoms with Crippen LogP contribution in [0.2, 0.25) is 0 Å². The van der Waals surface area contributed by atoms with Gasteiger partial charge in [0.2, 0.25) is 0 Å². The van der Waals surface area contributed by atoms with E-state index < -0.39 is 0 Å². The number of fused-ring (bicyclic) bond motifs is 1. The van der Waals surface area contributed by atoms with Crippen molar-refractivity contribution in [2.75, 3.05) is 33.9 Å². The molecule has 0 aliphatic carbocycles. The van der Waals surface area contributed by atoms with Crippen LogP contribution in [-0.2, 0) is 17.8 Å². The lowest BCUT2D eigenvalue weighted by molar-refractivity contribution is 0.159. The van der Waals surface area contributed by atoms with Crippen LogP contribution >= 0.6 is 11.3 Å². The van der Waals surface area contributed by atoms with Crippen LogP contribution in [0.15, 0.2) is 24.3 Å². The molecule has 0 unspecified atom stereocenters. The second-order valence-corrected chi connectivity index (χ2v) is 6.15. The topological polar surface area (TPSA) is 24.5 Å². The summed E-state index contributed by atoms with van der Waals surface area (Å²) in [6, 6.07) is 8.70. The van der Waals surface area contributed by atoms with E-state index in [1.54, 1.807) is 7.11 Å². The zero-order chi connectivity index (χ0) is 14.4. The first-order chi connectivity index (χ1) is 9.76. The van der Waals surface area contributed by atoms with Crippen LogP contribution in [-0.4, -0.2) is 38.8 Å². The Labute approximate surface area is 125 Å². The molecule has 1 N–H and O–H groups in total. The summed E-state index contributed by atoms with van der Waals surface area (Å²) >= 11 is 1.91. The maximum Gasteiger partial charge on any atom is 0.0589 e. The summed E-state index contributed by atoms with van der Waals surface area (Å²) in [5, 5.41) is 4.85. The highest BCUT2D eigenvalue weighted by molar-refractivity contribution is 7.19. The van der Waals surface area contributed by atoms with Crippen LogP contribution < -0.4 is 5.32 Å². The maximum atomic E-state index is 5.16. The van der Waals surface area contributed by atoms with Crippen LogP contribution in [0.3, 0.4) is 0 Å². The van der Waals surface area contributed by atoms with Gasteiger partial charge in [-0.1, -0.05) is 25.1 Å². The number of rotatable bonds is 8. The van der Waals surface area contributed by atoms with E-state index in [4.69, 9.17) is 4.74 Å². The van der Waals surface area contributed by atoms with E-state index in [0.29, 0.717) is 0 Å². The van der Waals surface area contributed by atoms with Crippen molar-refractivity contribution in [2.24, 2.45) is 0 Å². The molecule has 0 atom stereocenters. The smallest absolute Gasteiger partial charge is 0.0589 e. The molecular formula is C16H24N2OS. The average molecular weight is 292 g/mol. The highest BCUT2D eigenvalue weighted by atomic mass is 32.1. The van der Waals surface area contributed by atoms with Crippen molar-refractivity contribution in [3.8, 4) is 0 Å². The molecule has 0 amide bonds. The summed E-state index contributed by atoms with van der Waals surface area (Å²) in [4.78, 5) is 3.78. The lowest BCUT2D eigenvalue weighted by Gasteiger charge is -2.17. The van der Waals surface area contributed by atoms with Crippen molar-refractivity contribution >= 4 is 21.4 Å². The van der Waals surface area contributed by atoms with Crippen molar-refractivity contribution in [2.45, 2.75) is 20.0 Å². The van der Waals surface area contributed by atoms with Gasteiger partial charge in [0, 0.05) is 36.3 Å². The molecule has 1 aromatic carbocycles. The van der Waals surface area contributed by atoms with Crippen LogP contribution in [0.1, 0.15) is 17.4 Å². The Bertz CT molecular complexity index is 538. The number of methoxy groups -OCH3 is 1. The van der Waals surface area contributed by atoms with E-state index in [1.165, 1.54) is 20.5 Å². The van der Waals surface area contributed by atoms with Gasteiger partial charge in [-0.15, -0.1) is 11.3 Å².